The van der Waals surface area contributed by atoms with Crippen LogP contribution >= 0.6 is 27.3 Å². The number of hydrogen-bond donors (Lipinski definition) is 1. The standard InChI is InChI=1S/C15H17BrN4S/c1-9(2)20-15-11(6-18-20)4-13(7-17-15)19-10(3)14-5-12(16)8-21-14/h4-10,19H,1-3H3. The highest BCUT2D eigenvalue weighted by atomic mass is 79.9. The van der Waals surface area contributed by atoms with Crippen LogP contribution in [0.15, 0.2) is 34.4 Å². The molecule has 0 aliphatic rings. The van der Waals surface area contributed by atoms with Crippen molar-refractivity contribution in [2.24, 2.45) is 0 Å². The summed E-state index contributed by atoms with van der Waals surface area (Å²) in [6.07, 6.45) is 3.75. The van der Waals surface area contributed by atoms with E-state index in [0.29, 0.717) is 6.04 Å². The number of pyridine rings is 1. The van der Waals surface area contributed by atoms with Crippen LogP contribution in [0.25, 0.3) is 11.0 Å². The molecule has 0 saturated heterocycles. The Balaban J connectivity index is 1.84. The molecule has 0 amide bonds. The van der Waals surface area contributed by atoms with Crippen LogP contribution in [0.3, 0.4) is 0 Å². The molecule has 4 nitrogen and oxygen atoms in total. The van der Waals surface area contributed by atoms with Gasteiger partial charge in [-0.05, 0) is 48.8 Å². The number of rotatable bonds is 4. The van der Waals surface area contributed by atoms with Crippen molar-refractivity contribution in [2.75, 3.05) is 5.32 Å². The molecule has 0 saturated carbocycles. The van der Waals surface area contributed by atoms with Crippen LogP contribution in [0, 0.1) is 0 Å². The monoisotopic (exact) mass is 364 g/mol. The molecule has 110 valence electrons. The summed E-state index contributed by atoms with van der Waals surface area (Å²) in [6, 6.07) is 4.82. The topological polar surface area (TPSA) is 42.7 Å². The molecule has 1 unspecified atom stereocenters. The molecule has 3 rings (SSSR count). The summed E-state index contributed by atoms with van der Waals surface area (Å²) >= 11 is 5.24. The first-order chi connectivity index (χ1) is 10.0. The van der Waals surface area contributed by atoms with Gasteiger partial charge in [-0.25, -0.2) is 9.67 Å². The molecule has 0 radical (unpaired) electrons. The maximum atomic E-state index is 4.55. The first-order valence-electron chi connectivity index (χ1n) is 6.88. The quantitative estimate of drug-likeness (QED) is 0.707. The van der Waals surface area contributed by atoms with E-state index in [2.05, 4.69) is 69.6 Å². The van der Waals surface area contributed by atoms with E-state index < -0.39 is 0 Å². The van der Waals surface area contributed by atoms with E-state index in [-0.39, 0.29) is 6.04 Å². The van der Waals surface area contributed by atoms with Crippen molar-refractivity contribution in [3.05, 3.63) is 39.3 Å². The van der Waals surface area contributed by atoms with Gasteiger partial charge in [-0.2, -0.15) is 5.10 Å². The molecule has 3 aromatic rings. The summed E-state index contributed by atoms with van der Waals surface area (Å²) < 4.78 is 3.07. The van der Waals surface area contributed by atoms with Gasteiger partial charge in [0.15, 0.2) is 5.65 Å². The molecule has 3 aromatic heterocycles. The smallest absolute Gasteiger partial charge is 0.158 e. The Morgan fingerprint density at radius 3 is 2.71 bits per heavy atom. The van der Waals surface area contributed by atoms with Crippen LogP contribution < -0.4 is 5.32 Å². The summed E-state index contributed by atoms with van der Waals surface area (Å²) in [4.78, 5) is 5.84. The Labute approximate surface area is 136 Å². The highest BCUT2D eigenvalue weighted by molar-refractivity contribution is 9.10. The third-order valence-corrected chi connectivity index (χ3v) is 5.20. The predicted octanol–water partition coefficient (Wildman–Crippen LogP) is 5.01. The fourth-order valence-corrected chi connectivity index (χ4v) is 3.73. The van der Waals surface area contributed by atoms with Crippen LogP contribution in [0.1, 0.15) is 37.7 Å². The molecule has 0 bridgehead atoms. The second-order valence-corrected chi connectivity index (χ2v) is 7.21. The number of fused-ring (bicyclic) bond motifs is 1. The molecule has 0 aromatic carbocycles. The highest BCUT2D eigenvalue weighted by Crippen LogP contribution is 2.28. The number of halogens is 1. The Hall–Kier alpha value is -1.40. The molecule has 0 fully saturated rings. The average Bonchev–Trinajstić information content (AvgIpc) is 3.04. The molecule has 1 N–H and O–H groups in total. The number of nitrogens with one attached hydrogen (secondary N) is 1. The van der Waals surface area contributed by atoms with Crippen molar-refractivity contribution in [2.45, 2.75) is 32.9 Å². The fourth-order valence-electron chi connectivity index (χ4n) is 2.27. The summed E-state index contributed by atoms with van der Waals surface area (Å²) in [6.45, 7) is 6.37. The zero-order valence-corrected chi connectivity index (χ0v) is 14.6. The van der Waals surface area contributed by atoms with Gasteiger partial charge in [0.1, 0.15) is 0 Å². The number of nitrogens with zero attached hydrogens (tertiary/aromatic N) is 3. The van der Waals surface area contributed by atoms with Crippen molar-refractivity contribution in [3.63, 3.8) is 0 Å². The van der Waals surface area contributed by atoms with E-state index in [1.165, 1.54) is 4.88 Å². The van der Waals surface area contributed by atoms with Gasteiger partial charge < -0.3 is 5.32 Å². The zero-order chi connectivity index (χ0) is 15.0. The number of thiophene rings is 1. The minimum atomic E-state index is 0.251. The first kappa shape index (κ1) is 14.5. The molecule has 6 heteroatoms. The van der Waals surface area contributed by atoms with Crippen molar-refractivity contribution in [1.29, 1.82) is 0 Å². The summed E-state index contributed by atoms with van der Waals surface area (Å²) in [7, 11) is 0. The lowest BCUT2D eigenvalue weighted by molar-refractivity contribution is 0.546. The molecule has 0 spiro atoms. The Morgan fingerprint density at radius 1 is 1.24 bits per heavy atom. The number of anilines is 1. The lowest BCUT2D eigenvalue weighted by atomic mass is 10.2. The predicted molar refractivity (Wildman–Crippen MR) is 92.0 cm³/mol. The van der Waals surface area contributed by atoms with Gasteiger partial charge in [0.05, 0.1) is 24.1 Å². The number of hydrogen-bond acceptors (Lipinski definition) is 4. The van der Waals surface area contributed by atoms with Gasteiger partial charge in [0.25, 0.3) is 0 Å². The van der Waals surface area contributed by atoms with E-state index in [1.54, 1.807) is 11.3 Å². The Bertz CT molecular complexity index is 762. The van der Waals surface area contributed by atoms with E-state index in [4.69, 9.17) is 0 Å². The van der Waals surface area contributed by atoms with Crippen LogP contribution in [0.5, 0.6) is 0 Å². The first-order valence-corrected chi connectivity index (χ1v) is 8.55. The lowest BCUT2D eigenvalue weighted by Crippen LogP contribution is -2.06. The van der Waals surface area contributed by atoms with Crippen LogP contribution in [0.4, 0.5) is 5.69 Å². The van der Waals surface area contributed by atoms with Gasteiger partial charge in [-0.3, -0.25) is 0 Å². The largest absolute Gasteiger partial charge is 0.376 e. The maximum Gasteiger partial charge on any atom is 0.158 e. The van der Waals surface area contributed by atoms with Gasteiger partial charge in [0, 0.05) is 26.2 Å². The molecule has 0 aliphatic carbocycles. The van der Waals surface area contributed by atoms with Gasteiger partial charge in [-0.1, -0.05) is 0 Å². The van der Waals surface area contributed by atoms with Crippen LogP contribution in [0.2, 0.25) is 0 Å². The zero-order valence-electron chi connectivity index (χ0n) is 12.2. The summed E-state index contributed by atoms with van der Waals surface area (Å²) in [5, 5.41) is 11.1. The van der Waals surface area contributed by atoms with E-state index >= 15 is 0 Å². The second-order valence-electron chi connectivity index (χ2n) is 5.35. The number of aromatic nitrogens is 3. The van der Waals surface area contributed by atoms with E-state index in [1.807, 2.05) is 17.1 Å². The molecule has 3 heterocycles. The van der Waals surface area contributed by atoms with Gasteiger partial charge in [0.2, 0.25) is 0 Å². The Morgan fingerprint density at radius 2 is 2.05 bits per heavy atom. The van der Waals surface area contributed by atoms with E-state index in [9.17, 15) is 0 Å². The molecule has 0 aliphatic heterocycles. The minimum absolute atomic E-state index is 0.251. The fraction of sp³-hybridized carbons (Fsp3) is 0.333. The molecular weight excluding hydrogens is 348 g/mol. The maximum absolute atomic E-state index is 4.55. The summed E-state index contributed by atoms with van der Waals surface area (Å²) in [5.41, 5.74) is 1.95. The van der Waals surface area contributed by atoms with Crippen LogP contribution in [-0.2, 0) is 0 Å². The van der Waals surface area contributed by atoms with Crippen molar-refractivity contribution < 1.29 is 0 Å². The third kappa shape index (κ3) is 2.96. The molecular formula is C15H17BrN4S. The normalized spacial score (nSPS) is 13.0. The Kier molecular flexibility index (Phi) is 3.99. The van der Waals surface area contributed by atoms with Gasteiger partial charge >= 0.3 is 0 Å². The van der Waals surface area contributed by atoms with Crippen molar-refractivity contribution in [3.8, 4) is 0 Å². The highest BCUT2D eigenvalue weighted by Gasteiger charge is 2.11. The molecule has 21 heavy (non-hydrogen) atoms. The van der Waals surface area contributed by atoms with Crippen LogP contribution in [-0.4, -0.2) is 14.8 Å². The van der Waals surface area contributed by atoms with E-state index in [0.717, 1.165) is 21.2 Å². The minimum Gasteiger partial charge on any atom is -0.376 e. The SMILES string of the molecule is CC(Nc1cnc2c(cnn2C(C)C)c1)c1cc(Br)cs1. The second kappa shape index (κ2) is 5.77. The third-order valence-electron chi connectivity index (χ3n) is 3.32. The average molecular weight is 365 g/mol. The van der Waals surface area contributed by atoms with Crippen molar-refractivity contribution in [1.82, 2.24) is 14.8 Å². The lowest BCUT2D eigenvalue weighted by Gasteiger charge is -2.13. The summed E-state index contributed by atoms with van der Waals surface area (Å²) in [5.74, 6) is 0. The van der Waals surface area contributed by atoms with Crippen molar-refractivity contribution >= 4 is 44.0 Å². The molecule has 1 atom stereocenters. The van der Waals surface area contributed by atoms with Gasteiger partial charge in [-0.15, -0.1) is 11.3 Å².